The smallest absolute Gasteiger partial charge is 0.308 e. The maximum absolute atomic E-state index is 11.9. The van der Waals surface area contributed by atoms with Crippen LogP contribution in [0.1, 0.15) is 42.9 Å². The summed E-state index contributed by atoms with van der Waals surface area (Å²) in [6.45, 7) is 0.519. The van der Waals surface area contributed by atoms with E-state index in [1.807, 2.05) is 48.8 Å². The van der Waals surface area contributed by atoms with E-state index in [9.17, 15) is 4.79 Å². The first-order valence-corrected chi connectivity index (χ1v) is 11.4. The second kappa shape index (κ2) is 9.45. The van der Waals surface area contributed by atoms with E-state index in [1.165, 1.54) is 7.11 Å². The first-order chi connectivity index (χ1) is 16.2. The van der Waals surface area contributed by atoms with E-state index >= 15 is 0 Å². The molecule has 1 aliphatic carbocycles. The Morgan fingerprint density at radius 2 is 1.88 bits per heavy atom. The number of methoxy groups -OCH3 is 1. The zero-order valence-corrected chi connectivity index (χ0v) is 18.7. The van der Waals surface area contributed by atoms with E-state index in [1.54, 1.807) is 6.20 Å². The van der Waals surface area contributed by atoms with Crippen molar-refractivity contribution >= 4 is 11.5 Å². The summed E-state index contributed by atoms with van der Waals surface area (Å²) in [6.07, 6.45) is 9.12. The molecule has 2 heterocycles. The number of ether oxygens (including phenoxy) is 2. The van der Waals surface area contributed by atoms with Gasteiger partial charge >= 0.3 is 5.97 Å². The molecule has 1 aliphatic rings. The minimum absolute atomic E-state index is 0.00355. The molecule has 6 heteroatoms. The van der Waals surface area contributed by atoms with Gasteiger partial charge in [-0.15, -0.1) is 0 Å². The molecule has 4 aromatic rings. The summed E-state index contributed by atoms with van der Waals surface area (Å²) >= 11 is 0. The highest BCUT2D eigenvalue weighted by molar-refractivity contribution is 5.72. The van der Waals surface area contributed by atoms with Gasteiger partial charge in [0.2, 0.25) is 0 Å². The molecule has 0 unspecified atom stereocenters. The van der Waals surface area contributed by atoms with Gasteiger partial charge in [0.05, 0.1) is 30.4 Å². The van der Waals surface area contributed by atoms with E-state index in [2.05, 4.69) is 27.6 Å². The van der Waals surface area contributed by atoms with Gasteiger partial charge in [0.1, 0.15) is 18.2 Å². The summed E-state index contributed by atoms with van der Waals surface area (Å²) in [5.74, 6) is 1.88. The predicted molar refractivity (Wildman–Crippen MR) is 126 cm³/mol. The zero-order chi connectivity index (χ0) is 22.6. The maximum atomic E-state index is 11.9. The van der Waals surface area contributed by atoms with E-state index in [0.29, 0.717) is 12.5 Å². The van der Waals surface area contributed by atoms with Gasteiger partial charge in [-0.2, -0.15) is 0 Å². The summed E-state index contributed by atoms with van der Waals surface area (Å²) in [6, 6.07) is 18.2. The van der Waals surface area contributed by atoms with E-state index in [4.69, 9.17) is 14.5 Å². The molecule has 5 rings (SSSR count). The lowest BCUT2D eigenvalue weighted by Gasteiger charge is -2.25. The van der Waals surface area contributed by atoms with E-state index < -0.39 is 0 Å². The molecule has 0 amide bonds. The number of esters is 1. The van der Waals surface area contributed by atoms with Crippen molar-refractivity contribution in [1.82, 2.24) is 14.4 Å². The van der Waals surface area contributed by atoms with Crippen molar-refractivity contribution in [2.24, 2.45) is 5.92 Å². The van der Waals surface area contributed by atoms with Crippen molar-refractivity contribution in [2.45, 2.75) is 38.2 Å². The van der Waals surface area contributed by atoms with Gasteiger partial charge in [-0.3, -0.25) is 14.2 Å². The third-order valence-corrected chi connectivity index (χ3v) is 6.46. The minimum Gasteiger partial charge on any atom is -0.489 e. The molecule has 6 nitrogen and oxygen atoms in total. The Kier molecular flexibility index (Phi) is 6.07. The zero-order valence-electron chi connectivity index (χ0n) is 18.7. The van der Waals surface area contributed by atoms with Crippen LogP contribution < -0.4 is 4.74 Å². The molecule has 1 fully saturated rings. The van der Waals surface area contributed by atoms with Crippen LogP contribution in [0.15, 0.2) is 73.2 Å². The molecule has 0 radical (unpaired) electrons. The number of fused-ring (bicyclic) bond motifs is 1. The summed E-state index contributed by atoms with van der Waals surface area (Å²) < 4.78 is 13.1. The third kappa shape index (κ3) is 4.46. The number of hydrogen-bond donors (Lipinski definition) is 0. The number of hydrogen-bond acceptors (Lipinski definition) is 5. The molecule has 0 bridgehead atoms. The lowest BCUT2D eigenvalue weighted by molar-refractivity contribution is -0.146. The largest absolute Gasteiger partial charge is 0.489 e. The Morgan fingerprint density at radius 3 is 2.67 bits per heavy atom. The summed E-state index contributed by atoms with van der Waals surface area (Å²) in [5.41, 5.74) is 4.20. The van der Waals surface area contributed by atoms with Gasteiger partial charge in [0, 0.05) is 23.9 Å². The number of nitrogens with zero attached hydrogens (tertiary/aromatic N) is 3. The average Bonchev–Trinajstić information content (AvgIpc) is 3.28. The Morgan fingerprint density at radius 1 is 1.06 bits per heavy atom. The van der Waals surface area contributed by atoms with Crippen LogP contribution in [0.25, 0.3) is 16.9 Å². The molecule has 1 saturated carbocycles. The second-order valence-corrected chi connectivity index (χ2v) is 8.53. The highest BCUT2D eigenvalue weighted by atomic mass is 16.5. The van der Waals surface area contributed by atoms with Crippen LogP contribution in [-0.2, 0) is 16.1 Å². The first kappa shape index (κ1) is 21.2. The molecule has 0 atom stereocenters. The highest BCUT2D eigenvalue weighted by Crippen LogP contribution is 2.39. The predicted octanol–water partition coefficient (Wildman–Crippen LogP) is 5.42. The molecule has 0 saturated heterocycles. The Balaban J connectivity index is 1.41. The van der Waals surface area contributed by atoms with Crippen molar-refractivity contribution in [3.63, 3.8) is 0 Å². The first-order valence-electron chi connectivity index (χ1n) is 11.4. The Labute approximate surface area is 193 Å². The van der Waals surface area contributed by atoms with Crippen LogP contribution in [0, 0.1) is 5.92 Å². The van der Waals surface area contributed by atoms with Gasteiger partial charge < -0.3 is 9.47 Å². The molecular formula is C27H27N3O3. The molecule has 0 N–H and O–H groups in total. The fourth-order valence-corrected chi connectivity index (χ4v) is 4.70. The van der Waals surface area contributed by atoms with Crippen molar-refractivity contribution in [1.29, 1.82) is 0 Å². The standard InChI is InChI=1S/C27H27N3O3/c1-32-27(31)21-12-10-20(11-13-21)25-24-17-28-14-15-30(24)26(29-25)22-8-5-9-23(16-22)33-18-19-6-3-2-4-7-19/h2-9,14-17,20-21H,10-13,18H2,1H3. The number of benzene rings is 2. The van der Waals surface area contributed by atoms with Gasteiger partial charge in [-0.1, -0.05) is 42.5 Å². The molecular weight excluding hydrogens is 414 g/mol. The number of aromatic nitrogens is 3. The van der Waals surface area contributed by atoms with E-state index in [-0.39, 0.29) is 11.9 Å². The van der Waals surface area contributed by atoms with Crippen LogP contribution in [0.3, 0.4) is 0 Å². The fraction of sp³-hybridized carbons (Fsp3) is 0.296. The van der Waals surface area contributed by atoms with Gasteiger partial charge in [0.15, 0.2) is 0 Å². The topological polar surface area (TPSA) is 65.7 Å². The summed E-state index contributed by atoms with van der Waals surface area (Å²) in [4.78, 5) is 21.4. The number of rotatable bonds is 6. The molecule has 0 spiro atoms. The van der Waals surface area contributed by atoms with Crippen LogP contribution in [0.4, 0.5) is 0 Å². The molecule has 33 heavy (non-hydrogen) atoms. The van der Waals surface area contributed by atoms with Crippen molar-refractivity contribution < 1.29 is 14.3 Å². The SMILES string of the molecule is COC(=O)C1CCC(c2nc(-c3cccc(OCc4ccccc4)c3)n3ccncc23)CC1. The number of carbonyl (C=O) groups excluding carboxylic acids is 1. The van der Waals surface area contributed by atoms with Crippen LogP contribution in [-0.4, -0.2) is 27.4 Å². The molecule has 2 aromatic carbocycles. The summed E-state index contributed by atoms with van der Waals surface area (Å²) in [5, 5.41) is 0. The number of carbonyl (C=O) groups is 1. The molecule has 168 valence electrons. The molecule has 2 aromatic heterocycles. The minimum atomic E-state index is -0.0992. The monoisotopic (exact) mass is 441 g/mol. The van der Waals surface area contributed by atoms with Crippen LogP contribution in [0.2, 0.25) is 0 Å². The van der Waals surface area contributed by atoms with Gasteiger partial charge in [-0.25, -0.2) is 4.98 Å². The lowest BCUT2D eigenvalue weighted by atomic mass is 9.80. The summed E-state index contributed by atoms with van der Waals surface area (Å²) in [7, 11) is 1.47. The maximum Gasteiger partial charge on any atom is 0.308 e. The Bertz CT molecular complexity index is 1240. The van der Waals surface area contributed by atoms with Crippen molar-refractivity contribution in [3.8, 4) is 17.1 Å². The quantitative estimate of drug-likeness (QED) is 0.374. The highest BCUT2D eigenvalue weighted by Gasteiger charge is 2.30. The fourth-order valence-electron chi connectivity index (χ4n) is 4.70. The third-order valence-electron chi connectivity index (χ3n) is 6.46. The van der Waals surface area contributed by atoms with E-state index in [0.717, 1.165) is 59.6 Å². The number of imidazole rings is 1. The Hall–Kier alpha value is -3.67. The average molecular weight is 442 g/mol. The van der Waals surface area contributed by atoms with Crippen molar-refractivity contribution in [2.75, 3.05) is 7.11 Å². The van der Waals surface area contributed by atoms with Crippen molar-refractivity contribution in [3.05, 3.63) is 84.4 Å². The van der Waals surface area contributed by atoms with Gasteiger partial charge in [-0.05, 0) is 43.4 Å². The van der Waals surface area contributed by atoms with Crippen LogP contribution >= 0.6 is 0 Å². The van der Waals surface area contributed by atoms with Crippen LogP contribution in [0.5, 0.6) is 5.75 Å². The lowest BCUT2D eigenvalue weighted by Crippen LogP contribution is -2.22. The second-order valence-electron chi connectivity index (χ2n) is 8.53. The van der Waals surface area contributed by atoms with Gasteiger partial charge in [0.25, 0.3) is 0 Å². The normalized spacial score (nSPS) is 18.2. The molecule has 0 aliphatic heterocycles.